The largest absolute Gasteiger partial charge is 0.496 e. The molecule has 0 aromatic heterocycles. The van der Waals surface area contributed by atoms with E-state index in [-0.39, 0.29) is 6.61 Å². The highest BCUT2D eigenvalue weighted by molar-refractivity contribution is 7.80. The summed E-state index contributed by atoms with van der Waals surface area (Å²) in [5.74, 6) is 4.44. The first-order chi connectivity index (χ1) is 26.1. The van der Waals surface area contributed by atoms with Crippen molar-refractivity contribution in [3.63, 3.8) is 0 Å². The van der Waals surface area contributed by atoms with Crippen molar-refractivity contribution in [1.29, 1.82) is 0 Å². The lowest BCUT2D eigenvalue weighted by Gasteiger charge is -2.33. The van der Waals surface area contributed by atoms with E-state index in [4.69, 9.17) is 28.4 Å². The Labute approximate surface area is 311 Å². The van der Waals surface area contributed by atoms with Gasteiger partial charge in [0.15, 0.2) is 12.4 Å². The molecule has 6 aromatic rings. The van der Waals surface area contributed by atoms with Crippen LogP contribution in [-0.2, 0) is 10.2 Å². The predicted molar refractivity (Wildman–Crippen MR) is 213 cm³/mol. The van der Waals surface area contributed by atoms with Crippen LogP contribution in [0, 0.1) is 0 Å². The third-order valence-electron chi connectivity index (χ3n) is 10.0. The number of fused-ring (bicyclic) bond motifs is 4. The van der Waals surface area contributed by atoms with Crippen LogP contribution in [0.4, 0.5) is 0 Å². The van der Waals surface area contributed by atoms with Gasteiger partial charge in [0.1, 0.15) is 46.5 Å². The second-order valence-corrected chi connectivity index (χ2v) is 16.8. The van der Waals surface area contributed by atoms with Crippen LogP contribution in [0.25, 0.3) is 0 Å². The molecule has 8 rings (SSSR count). The zero-order valence-electron chi connectivity index (χ0n) is 29.8. The smallest absolute Gasteiger partial charge is 0.171 e. The van der Waals surface area contributed by atoms with Gasteiger partial charge < -0.3 is 28.4 Å². The topological polar surface area (TPSA) is 72.5 Å². The molecule has 53 heavy (non-hydrogen) atoms. The summed E-state index contributed by atoms with van der Waals surface area (Å²) in [4.78, 5) is 13.4. The molecule has 0 saturated carbocycles. The van der Waals surface area contributed by atoms with Crippen molar-refractivity contribution in [3.05, 3.63) is 145 Å². The van der Waals surface area contributed by atoms with Gasteiger partial charge in [-0.2, -0.15) is 0 Å². The first-order valence-electron chi connectivity index (χ1n) is 17.2. The van der Waals surface area contributed by atoms with E-state index in [0.717, 1.165) is 78.0 Å². The molecule has 1 spiro atoms. The fourth-order valence-corrected chi connectivity index (χ4v) is 13.4. The van der Waals surface area contributed by atoms with E-state index in [2.05, 4.69) is 36.4 Å². The molecule has 266 valence electrons. The average molecular weight is 741 g/mol. The molecule has 0 N–H and O–H groups in total. The van der Waals surface area contributed by atoms with Crippen LogP contribution in [0.5, 0.6) is 34.5 Å². The molecule has 0 amide bonds. The highest BCUT2D eigenvalue weighted by Crippen LogP contribution is 2.57. The van der Waals surface area contributed by atoms with Gasteiger partial charge in [0, 0.05) is 32.3 Å². The molecule has 0 radical (unpaired) electrons. The van der Waals surface area contributed by atoms with E-state index >= 15 is 0 Å². The Morgan fingerprint density at radius 3 is 1.26 bits per heavy atom. The Morgan fingerprint density at radius 2 is 0.868 bits per heavy atom. The van der Waals surface area contributed by atoms with Crippen LogP contribution in [0.15, 0.2) is 133 Å². The lowest BCUT2D eigenvalue weighted by atomic mass is 9.73. The molecule has 2 aliphatic rings. The minimum absolute atomic E-state index is 0.217. The van der Waals surface area contributed by atoms with Gasteiger partial charge in [0.05, 0.1) is 28.4 Å². The monoisotopic (exact) mass is 740 g/mol. The number of aldehydes is 1. The number of carbonyl (C=O) groups is 1. The van der Waals surface area contributed by atoms with Crippen LogP contribution in [0.3, 0.4) is 0 Å². The molecule has 0 bridgehead atoms. The lowest BCUT2D eigenvalue weighted by molar-refractivity contribution is -0.115. The standard InChI is InChI=1S/C44H38O7P2/c1-46-29-15-5-9-21-35(29)52(36-22-10-6-16-30(36)47-2)39-25-13-19-33-42(39)44(28-50-33)41(27-45)51-34-20-14-26-40(43(34)44)53(37-23-11-7-17-31(37)48-3)38-24-12-8-18-32(38)49-4/h5-27,41H,28H2,1-4H3/t41-,44?/m1/s1. The number of hydrogen-bond donors (Lipinski definition) is 0. The Morgan fingerprint density at radius 1 is 0.509 bits per heavy atom. The van der Waals surface area contributed by atoms with Gasteiger partial charge in [-0.3, -0.25) is 4.79 Å². The number of carbonyl (C=O) groups excluding carboxylic acids is 1. The number of rotatable bonds is 11. The van der Waals surface area contributed by atoms with E-state index in [9.17, 15) is 4.79 Å². The van der Waals surface area contributed by atoms with Gasteiger partial charge in [-0.15, -0.1) is 0 Å². The minimum Gasteiger partial charge on any atom is -0.496 e. The molecule has 1 unspecified atom stereocenters. The Bertz CT molecular complexity index is 2100. The molecule has 0 saturated heterocycles. The summed E-state index contributed by atoms with van der Waals surface area (Å²) in [5, 5.41) is 6.13. The molecule has 0 fully saturated rings. The average Bonchev–Trinajstić information content (AvgIpc) is 3.77. The van der Waals surface area contributed by atoms with E-state index in [0.29, 0.717) is 5.75 Å². The lowest BCUT2D eigenvalue weighted by Crippen LogP contribution is -2.47. The maximum Gasteiger partial charge on any atom is 0.171 e. The Kier molecular flexibility index (Phi) is 9.55. The van der Waals surface area contributed by atoms with Crippen LogP contribution < -0.4 is 60.2 Å². The third kappa shape index (κ3) is 5.62. The van der Waals surface area contributed by atoms with Crippen molar-refractivity contribution in [2.24, 2.45) is 0 Å². The summed E-state index contributed by atoms with van der Waals surface area (Å²) < 4.78 is 37.5. The summed E-state index contributed by atoms with van der Waals surface area (Å²) in [6.45, 7) is 0.217. The maximum absolute atomic E-state index is 13.4. The molecular weight excluding hydrogens is 702 g/mol. The Balaban J connectivity index is 1.45. The van der Waals surface area contributed by atoms with Crippen LogP contribution in [0.1, 0.15) is 11.1 Å². The minimum atomic E-state index is -1.32. The molecule has 6 aromatic carbocycles. The van der Waals surface area contributed by atoms with Crippen LogP contribution >= 0.6 is 15.8 Å². The quantitative estimate of drug-likeness (QED) is 0.122. The van der Waals surface area contributed by atoms with Crippen LogP contribution in [0.2, 0.25) is 0 Å². The van der Waals surface area contributed by atoms with E-state index < -0.39 is 27.4 Å². The van der Waals surface area contributed by atoms with Crippen molar-refractivity contribution < 1.29 is 33.2 Å². The van der Waals surface area contributed by atoms with E-state index in [1.54, 1.807) is 28.4 Å². The van der Waals surface area contributed by atoms with Gasteiger partial charge in [-0.25, -0.2) is 0 Å². The molecule has 7 nitrogen and oxygen atoms in total. The highest BCUT2D eigenvalue weighted by atomic mass is 31.1. The normalized spacial score (nSPS) is 16.8. The van der Waals surface area contributed by atoms with Gasteiger partial charge in [0.25, 0.3) is 0 Å². The third-order valence-corrected chi connectivity index (χ3v) is 15.1. The summed E-state index contributed by atoms with van der Waals surface area (Å²) >= 11 is 0. The summed E-state index contributed by atoms with van der Waals surface area (Å²) in [6, 6.07) is 44.8. The first kappa shape index (κ1) is 34.7. The number of benzene rings is 6. The van der Waals surface area contributed by atoms with Crippen molar-refractivity contribution in [2.45, 2.75) is 11.5 Å². The SMILES string of the molecule is COc1ccccc1P(c1ccccc1OC)c1cccc2c1C1(CO2)c2c(cccc2P(c2ccccc2OC)c2ccccc2OC)O[C@@H]1C=O. The second kappa shape index (κ2) is 14.6. The zero-order chi connectivity index (χ0) is 36.5. The fourth-order valence-electron chi connectivity index (χ4n) is 7.77. The Hall–Kier alpha value is -5.35. The number of hydrogen-bond acceptors (Lipinski definition) is 7. The zero-order valence-corrected chi connectivity index (χ0v) is 31.6. The van der Waals surface area contributed by atoms with Crippen molar-refractivity contribution in [3.8, 4) is 34.5 Å². The molecule has 9 heteroatoms. The molecule has 2 atom stereocenters. The maximum atomic E-state index is 13.4. The summed E-state index contributed by atoms with van der Waals surface area (Å²) in [7, 11) is 4.14. The van der Waals surface area contributed by atoms with Gasteiger partial charge in [-0.1, -0.05) is 97.1 Å². The summed E-state index contributed by atoms with van der Waals surface area (Å²) in [6.07, 6.45) is 0.0718. The van der Waals surface area contributed by atoms with Gasteiger partial charge in [-0.05, 0) is 62.9 Å². The van der Waals surface area contributed by atoms with Gasteiger partial charge >= 0.3 is 0 Å². The predicted octanol–water partition coefficient (Wildman–Crippen LogP) is 5.88. The van der Waals surface area contributed by atoms with E-state index in [1.165, 1.54) is 0 Å². The second-order valence-electron chi connectivity index (χ2n) is 12.6. The number of methoxy groups -OCH3 is 4. The van der Waals surface area contributed by atoms with Crippen molar-refractivity contribution >= 4 is 54.0 Å². The number of ether oxygens (including phenoxy) is 6. The van der Waals surface area contributed by atoms with E-state index in [1.807, 2.05) is 97.1 Å². The van der Waals surface area contributed by atoms with Crippen LogP contribution in [-0.4, -0.2) is 47.4 Å². The molecule has 2 heterocycles. The number of para-hydroxylation sites is 4. The fraction of sp³-hybridized carbons (Fsp3) is 0.159. The molecule has 2 aliphatic heterocycles. The van der Waals surface area contributed by atoms with Gasteiger partial charge in [0.2, 0.25) is 0 Å². The molecule has 0 aliphatic carbocycles. The molecular formula is C44H38O7P2. The summed E-state index contributed by atoms with van der Waals surface area (Å²) in [5.41, 5.74) is 0.872. The van der Waals surface area contributed by atoms with Crippen molar-refractivity contribution in [1.82, 2.24) is 0 Å². The first-order valence-corrected chi connectivity index (χ1v) is 19.9. The highest BCUT2D eigenvalue weighted by Gasteiger charge is 2.59. The van der Waals surface area contributed by atoms with Crippen molar-refractivity contribution in [2.75, 3.05) is 35.0 Å².